The van der Waals surface area contributed by atoms with E-state index in [1.54, 1.807) is 25.3 Å². The van der Waals surface area contributed by atoms with Crippen LogP contribution in [0.3, 0.4) is 0 Å². The van der Waals surface area contributed by atoms with E-state index >= 15 is 0 Å². The van der Waals surface area contributed by atoms with E-state index in [4.69, 9.17) is 4.74 Å². The summed E-state index contributed by atoms with van der Waals surface area (Å²) in [4.78, 5) is 42.0. The summed E-state index contributed by atoms with van der Waals surface area (Å²) in [5, 5.41) is 18.4. The molecule has 0 atom stereocenters. The van der Waals surface area contributed by atoms with Crippen LogP contribution in [0.1, 0.15) is 28.5 Å². The van der Waals surface area contributed by atoms with Crippen LogP contribution in [-0.4, -0.2) is 31.8 Å². The van der Waals surface area contributed by atoms with Gasteiger partial charge in [0.1, 0.15) is 12.3 Å². The fourth-order valence-electron chi connectivity index (χ4n) is 3.57. The monoisotopic (exact) mass is 458 g/mol. The van der Waals surface area contributed by atoms with Gasteiger partial charge in [0.15, 0.2) is 5.69 Å². The number of esters is 1. The van der Waals surface area contributed by atoms with Crippen molar-refractivity contribution in [3.8, 4) is 0 Å². The molecular weight excluding hydrogens is 436 g/mol. The summed E-state index contributed by atoms with van der Waals surface area (Å²) >= 11 is 0. The van der Waals surface area contributed by atoms with Crippen molar-refractivity contribution in [1.82, 2.24) is 14.8 Å². The van der Waals surface area contributed by atoms with Gasteiger partial charge in [-0.15, -0.1) is 0 Å². The third-order valence-corrected chi connectivity index (χ3v) is 5.25. The Balaban J connectivity index is 1.75. The van der Waals surface area contributed by atoms with Gasteiger partial charge in [-0.05, 0) is 12.5 Å². The van der Waals surface area contributed by atoms with Gasteiger partial charge in [0, 0.05) is 29.1 Å². The quantitative estimate of drug-likeness (QED) is 0.384. The summed E-state index contributed by atoms with van der Waals surface area (Å²) in [5.41, 5.74) is 0.241. The zero-order valence-electron chi connectivity index (χ0n) is 18.4. The molecule has 0 radical (unpaired) electrons. The number of carbonyl (C=O) groups excluding carboxylic acids is 1. The molecule has 2 N–H and O–H groups in total. The van der Waals surface area contributed by atoms with Gasteiger partial charge in [0.2, 0.25) is 0 Å². The Morgan fingerprint density at radius 2 is 1.79 bits per heavy atom. The number of benzene rings is 2. The minimum absolute atomic E-state index is 0.0253. The molecule has 9 heteroatoms. The number of anilines is 2. The Kier molecular flexibility index (Phi) is 6.63. The maximum absolute atomic E-state index is 13.2. The lowest BCUT2D eigenvalue weighted by atomic mass is 10.1. The van der Waals surface area contributed by atoms with Gasteiger partial charge in [-0.3, -0.25) is 14.6 Å². The van der Waals surface area contributed by atoms with Crippen LogP contribution < -0.4 is 10.9 Å². The minimum Gasteiger partial charge on any atom is -0.476 e. The molecule has 0 bridgehead atoms. The second-order valence-corrected chi connectivity index (χ2v) is 7.48. The van der Waals surface area contributed by atoms with Gasteiger partial charge in [0.05, 0.1) is 18.3 Å². The van der Waals surface area contributed by atoms with Crippen molar-refractivity contribution < 1.29 is 19.4 Å². The average molecular weight is 458 g/mol. The van der Waals surface area contributed by atoms with Crippen LogP contribution in [0.25, 0.3) is 10.8 Å². The van der Waals surface area contributed by atoms with Crippen molar-refractivity contribution in [1.29, 1.82) is 0 Å². The Hall–Kier alpha value is -4.53. The van der Waals surface area contributed by atoms with Gasteiger partial charge in [-0.1, -0.05) is 54.6 Å². The molecule has 0 unspecified atom stereocenters. The molecule has 2 aromatic carbocycles. The van der Waals surface area contributed by atoms with Crippen LogP contribution in [0, 0.1) is 0 Å². The second-order valence-electron chi connectivity index (χ2n) is 7.48. The van der Waals surface area contributed by atoms with Gasteiger partial charge >= 0.3 is 11.9 Å². The lowest BCUT2D eigenvalue weighted by Crippen LogP contribution is -2.30. The smallest absolute Gasteiger partial charge is 0.356 e. The average Bonchev–Trinajstić information content (AvgIpc) is 2.85. The van der Waals surface area contributed by atoms with Crippen molar-refractivity contribution in [2.75, 3.05) is 5.32 Å². The van der Waals surface area contributed by atoms with Crippen LogP contribution in [-0.2, 0) is 29.1 Å². The molecule has 9 nitrogen and oxygen atoms in total. The van der Waals surface area contributed by atoms with Crippen LogP contribution in [0.2, 0.25) is 0 Å². The van der Waals surface area contributed by atoms with E-state index in [1.165, 1.54) is 6.20 Å². The Morgan fingerprint density at radius 3 is 2.53 bits per heavy atom. The molecule has 0 spiro atoms. The minimum atomic E-state index is -1.35. The lowest BCUT2D eigenvalue weighted by Gasteiger charge is -2.16. The van der Waals surface area contributed by atoms with E-state index in [0.29, 0.717) is 5.69 Å². The van der Waals surface area contributed by atoms with E-state index in [1.807, 2.05) is 42.5 Å². The number of rotatable bonds is 8. The van der Waals surface area contributed by atoms with E-state index in [9.17, 15) is 19.5 Å². The first-order chi connectivity index (χ1) is 16.5. The normalized spacial score (nSPS) is 10.7. The van der Waals surface area contributed by atoms with Gasteiger partial charge in [-0.2, -0.15) is 5.10 Å². The third-order valence-electron chi connectivity index (χ3n) is 5.25. The number of aryl methyl sites for hydroxylation is 1. The fourth-order valence-corrected chi connectivity index (χ4v) is 3.57. The summed E-state index contributed by atoms with van der Waals surface area (Å²) in [5.74, 6) is -2.03. The highest BCUT2D eigenvalue weighted by molar-refractivity contribution is 5.96. The van der Waals surface area contributed by atoms with Crippen molar-refractivity contribution in [2.24, 2.45) is 0 Å². The molecule has 0 fully saturated rings. The highest BCUT2D eigenvalue weighted by atomic mass is 16.5. The second kappa shape index (κ2) is 9.95. The first kappa shape index (κ1) is 22.7. The standard InChI is InChI=1S/C25H22N4O5/c1-2-29-24(31)22(27-20-14-26-13-17-10-6-7-11-18(17)20)19(23(28-29)25(32)33)12-21(30)34-15-16-8-4-3-5-9-16/h3-11,13-14,27H,2,12,15H2,1H3,(H,32,33). The number of fused-ring (bicyclic) bond motifs is 1. The topological polar surface area (TPSA) is 123 Å². The van der Waals surface area contributed by atoms with E-state index in [-0.39, 0.29) is 24.4 Å². The number of carboxylic acids is 1. The maximum Gasteiger partial charge on any atom is 0.356 e. The van der Waals surface area contributed by atoms with Crippen LogP contribution in [0.5, 0.6) is 0 Å². The first-order valence-corrected chi connectivity index (χ1v) is 10.6. The molecule has 0 aliphatic heterocycles. The van der Waals surface area contributed by atoms with Gasteiger partial charge in [0.25, 0.3) is 5.56 Å². The molecule has 0 aliphatic rings. The molecular formula is C25H22N4O5. The van der Waals surface area contributed by atoms with Crippen LogP contribution in [0.4, 0.5) is 11.4 Å². The van der Waals surface area contributed by atoms with Gasteiger partial charge < -0.3 is 15.2 Å². The maximum atomic E-state index is 13.2. The number of nitrogens with one attached hydrogen (secondary N) is 1. The zero-order valence-corrected chi connectivity index (χ0v) is 18.4. The van der Waals surface area contributed by atoms with Crippen LogP contribution >= 0.6 is 0 Å². The van der Waals surface area contributed by atoms with E-state index in [0.717, 1.165) is 21.0 Å². The number of carboxylic acid groups (broad SMARTS) is 1. The number of hydrogen-bond donors (Lipinski definition) is 2. The van der Waals surface area contributed by atoms with Crippen LogP contribution in [0.15, 0.2) is 71.8 Å². The molecule has 0 amide bonds. The lowest BCUT2D eigenvalue weighted by molar-refractivity contribution is -0.144. The SMILES string of the molecule is CCn1nc(C(=O)O)c(CC(=O)OCc2ccccc2)c(Nc2cncc3ccccc23)c1=O. The molecule has 4 aromatic rings. The number of carbonyl (C=O) groups is 2. The molecule has 2 heterocycles. The van der Waals surface area contributed by atoms with Crippen molar-refractivity contribution >= 4 is 34.1 Å². The molecule has 172 valence electrons. The highest BCUT2D eigenvalue weighted by Crippen LogP contribution is 2.27. The number of ether oxygens (including phenoxy) is 1. The molecule has 34 heavy (non-hydrogen) atoms. The summed E-state index contributed by atoms with van der Waals surface area (Å²) in [6, 6.07) is 16.5. The molecule has 0 saturated carbocycles. The Labute approximate surface area is 194 Å². The number of aromatic nitrogens is 3. The van der Waals surface area contributed by atoms with Crippen molar-refractivity contribution in [3.63, 3.8) is 0 Å². The highest BCUT2D eigenvalue weighted by Gasteiger charge is 2.25. The summed E-state index contributed by atoms with van der Waals surface area (Å²) in [6.07, 6.45) is 2.78. The summed E-state index contributed by atoms with van der Waals surface area (Å²) in [7, 11) is 0. The predicted octanol–water partition coefficient (Wildman–Crippen LogP) is 3.54. The van der Waals surface area contributed by atoms with Crippen molar-refractivity contribution in [2.45, 2.75) is 26.5 Å². The Bertz CT molecular complexity index is 1410. The predicted molar refractivity (Wildman–Crippen MR) is 126 cm³/mol. The number of hydrogen-bond acceptors (Lipinski definition) is 7. The number of pyridine rings is 1. The van der Waals surface area contributed by atoms with Crippen molar-refractivity contribution in [3.05, 3.63) is 94.2 Å². The number of nitrogens with zero attached hydrogens (tertiary/aromatic N) is 3. The fraction of sp³-hybridized carbons (Fsp3) is 0.160. The molecule has 0 saturated heterocycles. The molecule has 0 aliphatic carbocycles. The largest absolute Gasteiger partial charge is 0.476 e. The molecule has 4 rings (SSSR count). The number of aromatic carboxylic acids is 1. The third kappa shape index (κ3) is 4.78. The summed E-state index contributed by atoms with van der Waals surface area (Å²) in [6.45, 7) is 1.86. The van der Waals surface area contributed by atoms with E-state index < -0.39 is 29.6 Å². The molecule has 2 aromatic heterocycles. The van der Waals surface area contributed by atoms with Gasteiger partial charge in [-0.25, -0.2) is 9.48 Å². The van der Waals surface area contributed by atoms with E-state index in [2.05, 4.69) is 15.4 Å². The Morgan fingerprint density at radius 1 is 1.06 bits per heavy atom. The summed E-state index contributed by atoms with van der Waals surface area (Å²) < 4.78 is 6.37. The zero-order chi connectivity index (χ0) is 24.1. The first-order valence-electron chi connectivity index (χ1n) is 10.6.